The Hall–Kier alpha value is -0.820. The van der Waals surface area contributed by atoms with Crippen LogP contribution in [0, 0.1) is 5.41 Å². The number of benzene rings is 1. The molecule has 0 radical (unpaired) electrons. The zero-order valence-electron chi connectivity index (χ0n) is 12.5. The second-order valence-electron chi connectivity index (χ2n) is 6.25. The van der Waals surface area contributed by atoms with Gasteiger partial charge in [0.2, 0.25) is 0 Å². The van der Waals surface area contributed by atoms with Crippen LogP contribution in [0.3, 0.4) is 0 Å². The highest BCUT2D eigenvalue weighted by atomic mass is 14.9. The van der Waals surface area contributed by atoms with Crippen LogP contribution >= 0.6 is 0 Å². The van der Waals surface area contributed by atoms with Crippen LogP contribution in [0.25, 0.3) is 0 Å². The molecular formula is C17H29N. The summed E-state index contributed by atoms with van der Waals surface area (Å²) >= 11 is 0. The Morgan fingerprint density at radius 1 is 1.11 bits per heavy atom. The maximum Gasteiger partial charge on any atom is 0.0116 e. The summed E-state index contributed by atoms with van der Waals surface area (Å²) in [5.41, 5.74) is 1.81. The number of nitrogens with one attached hydrogen (secondary N) is 1. The Kier molecular flexibility index (Phi) is 6.42. The van der Waals surface area contributed by atoms with Crippen molar-refractivity contribution in [3.63, 3.8) is 0 Å². The molecule has 0 bridgehead atoms. The van der Waals surface area contributed by atoms with Crippen LogP contribution in [-0.2, 0) is 6.42 Å². The van der Waals surface area contributed by atoms with Gasteiger partial charge in [0.05, 0.1) is 0 Å². The van der Waals surface area contributed by atoms with E-state index in [4.69, 9.17) is 0 Å². The van der Waals surface area contributed by atoms with E-state index in [-0.39, 0.29) is 0 Å². The summed E-state index contributed by atoms with van der Waals surface area (Å²) in [4.78, 5) is 0. The molecule has 0 aliphatic heterocycles. The highest BCUT2D eigenvalue weighted by Gasteiger charge is 2.23. The van der Waals surface area contributed by atoms with Gasteiger partial charge in [-0.1, -0.05) is 58.0 Å². The highest BCUT2D eigenvalue weighted by Crippen LogP contribution is 2.23. The van der Waals surface area contributed by atoms with Gasteiger partial charge in [-0.3, -0.25) is 0 Å². The van der Waals surface area contributed by atoms with Gasteiger partial charge in [0.1, 0.15) is 0 Å². The number of aryl methyl sites for hydroxylation is 1. The quantitative estimate of drug-likeness (QED) is 0.752. The molecule has 1 atom stereocenters. The minimum atomic E-state index is 0.353. The largest absolute Gasteiger partial charge is 0.313 e. The first-order chi connectivity index (χ1) is 8.54. The van der Waals surface area contributed by atoms with E-state index < -0.39 is 0 Å². The van der Waals surface area contributed by atoms with Crippen molar-refractivity contribution in [2.75, 3.05) is 6.54 Å². The first-order valence-corrected chi connectivity index (χ1v) is 7.31. The van der Waals surface area contributed by atoms with Crippen molar-refractivity contribution in [1.29, 1.82) is 0 Å². The number of hydrogen-bond acceptors (Lipinski definition) is 1. The van der Waals surface area contributed by atoms with Crippen molar-refractivity contribution < 1.29 is 0 Å². The molecule has 0 fully saturated rings. The minimum absolute atomic E-state index is 0.353. The van der Waals surface area contributed by atoms with Gasteiger partial charge in [-0.25, -0.2) is 0 Å². The lowest BCUT2D eigenvalue weighted by molar-refractivity contribution is 0.251. The van der Waals surface area contributed by atoms with Crippen molar-refractivity contribution in [2.45, 2.75) is 59.4 Å². The topological polar surface area (TPSA) is 12.0 Å². The molecular weight excluding hydrogens is 218 g/mol. The average molecular weight is 247 g/mol. The summed E-state index contributed by atoms with van der Waals surface area (Å²) in [7, 11) is 0. The third-order valence-electron chi connectivity index (χ3n) is 3.49. The molecule has 1 aromatic rings. The highest BCUT2D eigenvalue weighted by molar-refractivity contribution is 5.14. The molecule has 1 aromatic carbocycles. The molecule has 0 aromatic heterocycles. The van der Waals surface area contributed by atoms with Crippen LogP contribution in [0.5, 0.6) is 0 Å². The van der Waals surface area contributed by atoms with Crippen molar-refractivity contribution in [2.24, 2.45) is 5.41 Å². The van der Waals surface area contributed by atoms with Gasteiger partial charge >= 0.3 is 0 Å². The average Bonchev–Trinajstić information content (AvgIpc) is 2.33. The van der Waals surface area contributed by atoms with E-state index in [9.17, 15) is 0 Å². The molecule has 0 saturated carbocycles. The zero-order valence-corrected chi connectivity index (χ0v) is 12.5. The van der Waals surface area contributed by atoms with E-state index in [2.05, 4.69) is 63.3 Å². The standard InChI is InChI=1S/C17H29N/c1-5-14-18-16(17(2,3)4)13-9-12-15-10-7-6-8-11-15/h6-8,10-11,16,18H,5,9,12-14H2,1-4H3. The lowest BCUT2D eigenvalue weighted by Gasteiger charge is -2.32. The van der Waals surface area contributed by atoms with E-state index >= 15 is 0 Å². The molecule has 1 unspecified atom stereocenters. The Morgan fingerprint density at radius 3 is 2.33 bits per heavy atom. The van der Waals surface area contributed by atoms with Crippen LogP contribution < -0.4 is 5.32 Å². The van der Waals surface area contributed by atoms with Crippen molar-refractivity contribution in [3.05, 3.63) is 35.9 Å². The zero-order chi connectivity index (χ0) is 13.4. The van der Waals surface area contributed by atoms with Crippen molar-refractivity contribution in [1.82, 2.24) is 5.32 Å². The summed E-state index contributed by atoms with van der Waals surface area (Å²) < 4.78 is 0. The molecule has 18 heavy (non-hydrogen) atoms. The Morgan fingerprint density at radius 2 is 1.78 bits per heavy atom. The van der Waals surface area contributed by atoms with Gasteiger partial charge in [-0.15, -0.1) is 0 Å². The van der Waals surface area contributed by atoms with Crippen LogP contribution in [0.1, 0.15) is 52.5 Å². The normalized spacial score (nSPS) is 13.6. The molecule has 0 spiro atoms. The minimum Gasteiger partial charge on any atom is -0.313 e. The van der Waals surface area contributed by atoms with E-state index in [1.807, 2.05) is 0 Å². The maximum absolute atomic E-state index is 3.70. The number of rotatable bonds is 7. The monoisotopic (exact) mass is 247 g/mol. The van der Waals surface area contributed by atoms with Gasteiger partial charge in [0, 0.05) is 6.04 Å². The molecule has 0 aliphatic carbocycles. The van der Waals surface area contributed by atoms with Crippen LogP contribution in [0.15, 0.2) is 30.3 Å². The third kappa shape index (κ3) is 5.68. The Labute approximate surface area is 113 Å². The SMILES string of the molecule is CCCNC(CCCc1ccccc1)C(C)(C)C. The fraction of sp³-hybridized carbons (Fsp3) is 0.647. The Balaban J connectivity index is 2.38. The number of hydrogen-bond donors (Lipinski definition) is 1. The molecule has 1 nitrogen and oxygen atoms in total. The summed E-state index contributed by atoms with van der Waals surface area (Å²) in [5.74, 6) is 0. The Bertz CT molecular complexity index is 310. The van der Waals surface area contributed by atoms with Gasteiger partial charge in [-0.05, 0) is 43.2 Å². The molecule has 1 N–H and O–H groups in total. The molecule has 0 saturated heterocycles. The van der Waals surface area contributed by atoms with Crippen LogP contribution in [0.4, 0.5) is 0 Å². The van der Waals surface area contributed by atoms with Gasteiger partial charge in [0.25, 0.3) is 0 Å². The molecule has 0 amide bonds. The van der Waals surface area contributed by atoms with Crippen LogP contribution in [-0.4, -0.2) is 12.6 Å². The van der Waals surface area contributed by atoms with Gasteiger partial charge in [-0.2, -0.15) is 0 Å². The van der Waals surface area contributed by atoms with Gasteiger partial charge < -0.3 is 5.32 Å². The summed E-state index contributed by atoms with van der Waals surface area (Å²) in [6, 6.07) is 11.4. The molecule has 1 rings (SSSR count). The molecule has 0 aliphatic rings. The maximum atomic E-state index is 3.70. The van der Waals surface area contributed by atoms with Crippen molar-refractivity contribution >= 4 is 0 Å². The van der Waals surface area contributed by atoms with Crippen molar-refractivity contribution in [3.8, 4) is 0 Å². The second-order valence-corrected chi connectivity index (χ2v) is 6.25. The smallest absolute Gasteiger partial charge is 0.0116 e. The second kappa shape index (κ2) is 7.58. The molecule has 102 valence electrons. The first kappa shape index (κ1) is 15.2. The van der Waals surface area contributed by atoms with E-state index in [1.165, 1.54) is 31.2 Å². The first-order valence-electron chi connectivity index (χ1n) is 7.31. The third-order valence-corrected chi connectivity index (χ3v) is 3.49. The fourth-order valence-electron chi connectivity index (χ4n) is 2.31. The van der Waals surface area contributed by atoms with Gasteiger partial charge in [0.15, 0.2) is 0 Å². The lowest BCUT2D eigenvalue weighted by Crippen LogP contribution is -2.40. The van der Waals surface area contributed by atoms with E-state index in [1.54, 1.807) is 0 Å². The summed E-state index contributed by atoms with van der Waals surface area (Å²) in [6.07, 6.45) is 4.94. The van der Waals surface area contributed by atoms with Crippen LogP contribution in [0.2, 0.25) is 0 Å². The molecule has 0 heterocycles. The summed E-state index contributed by atoms with van der Waals surface area (Å²) in [5, 5.41) is 3.70. The predicted molar refractivity (Wildman–Crippen MR) is 80.9 cm³/mol. The van der Waals surface area contributed by atoms with E-state index in [0.29, 0.717) is 11.5 Å². The predicted octanol–water partition coefficient (Wildman–Crippen LogP) is 4.42. The fourth-order valence-corrected chi connectivity index (χ4v) is 2.31. The molecule has 1 heteroatoms. The lowest BCUT2D eigenvalue weighted by atomic mass is 9.83. The summed E-state index contributed by atoms with van der Waals surface area (Å²) in [6.45, 7) is 10.4. The van der Waals surface area contributed by atoms with E-state index in [0.717, 1.165) is 6.54 Å².